The second kappa shape index (κ2) is 4.54. The van der Waals surface area contributed by atoms with Crippen LogP contribution in [0.4, 0.5) is 0 Å². The van der Waals surface area contributed by atoms with Crippen molar-refractivity contribution in [3.63, 3.8) is 0 Å². The summed E-state index contributed by atoms with van der Waals surface area (Å²) in [6, 6.07) is 8.30. The quantitative estimate of drug-likeness (QED) is 0.557. The van der Waals surface area contributed by atoms with Gasteiger partial charge >= 0.3 is 0 Å². The number of aryl methyl sites for hydroxylation is 1. The molecular weight excluding hydrogens is 174 g/mol. The van der Waals surface area contributed by atoms with Crippen molar-refractivity contribution in [2.24, 2.45) is 0 Å². The third kappa shape index (κ3) is 2.65. The highest BCUT2D eigenvalue weighted by molar-refractivity contribution is 6.92. The lowest BCUT2D eigenvalue weighted by molar-refractivity contribution is 0.946. The molecule has 0 saturated heterocycles. The predicted octanol–water partition coefficient (Wildman–Crippen LogP) is 1.86. The Morgan fingerprint density at radius 2 is 2.18 bits per heavy atom. The molecule has 0 saturated carbocycles. The molecule has 0 aliphatic carbocycles. The monoisotopic (exact) mass is 183 g/mol. The van der Waals surface area contributed by atoms with E-state index >= 15 is 0 Å². The molecule has 0 amide bonds. The maximum Gasteiger partial charge on any atom is 0.270 e. The molecule has 0 aliphatic rings. The molecule has 0 bridgehead atoms. The fourth-order valence-electron chi connectivity index (χ4n) is 0.937. The van der Waals surface area contributed by atoms with Crippen molar-refractivity contribution in [3.05, 3.63) is 35.4 Å². The molecule has 0 aliphatic heterocycles. The largest absolute Gasteiger partial charge is 0.322 e. The maximum absolute atomic E-state index is 5.52. The average Bonchev–Trinajstić information content (AvgIpc) is 2.03. The van der Waals surface area contributed by atoms with Gasteiger partial charge in [0.25, 0.3) is 8.99 Å². The Bertz CT molecular complexity index is 227. The lowest BCUT2D eigenvalue weighted by Gasteiger charge is -2.03. The second-order valence-electron chi connectivity index (χ2n) is 2.37. The zero-order valence-corrected chi connectivity index (χ0v) is 8.15. The molecule has 58 valence electrons. The summed E-state index contributed by atoms with van der Waals surface area (Å²) in [7, 11) is 0.302. The van der Waals surface area contributed by atoms with E-state index in [0.29, 0.717) is 8.99 Å². The molecule has 3 heteroatoms. The van der Waals surface area contributed by atoms with Gasteiger partial charge in [-0.05, 0) is 18.1 Å². The average molecular weight is 184 g/mol. The third-order valence-corrected chi connectivity index (χ3v) is 2.32. The van der Waals surface area contributed by atoms with Crippen molar-refractivity contribution in [2.75, 3.05) is 0 Å². The normalized spacial score (nSPS) is 10.0. The molecule has 0 spiro atoms. The Balaban J connectivity index is 2.62. The van der Waals surface area contributed by atoms with Gasteiger partial charge in [-0.15, -0.1) is 11.1 Å². The van der Waals surface area contributed by atoms with Crippen LogP contribution in [0.1, 0.15) is 11.1 Å². The van der Waals surface area contributed by atoms with Crippen LogP contribution in [0.15, 0.2) is 24.3 Å². The van der Waals surface area contributed by atoms with Gasteiger partial charge in [0.1, 0.15) is 0 Å². The van der Waals surface area contributed by atoms with Crippen molar-refractivity contribution in [1.29, 1.82) is 0 Å². The van der Waals surface area contributed by atoms with E-state index in [1.165, 1.54) is 11.1 Å². The van der Waals surface area contributed by atoms with Gasteiger partial charge in [-0.2, -0.15) is 0 Å². The fourth-order valence-corrected chi connectivity index (χ4v) is 1.39. The Labute approximate surface area is 74.4 Å². The van der Waals surface area contributed by atoms with Crippen LogP contribution in [0.2, 0.25) is 0 Å². The molecule has 1 nitrogen and oxygen atoms in total. The molecule has 1 aromatic carbocycles. The van der Waals surface area contributed by atoms with Crippen molar-refractivity contribution < 1.29 is 0 Å². The molecule has 2 radical (unpaired) electrons. The van der Waals surface area contributed by atoms with E-state index < -0.39 is 0 Å². The molecule has 0 fully saturated rings. The zero-order valence-electron chi connectivity index (χ0n) is 6.39. The molecule has 1 aromatic rings. The molecular formula is C8H10ClNSi. The van der Waals surface area contributed by atoms with Gasteiger partial charge in [0, 0.05) is 6.54 Å². The summed E-state index contributed by atoms with van der Waals surface area (Å²) < 4.78 is 0. The van der Waals surface area contributed by atoms with Crippen molar-refractivity contribution >= 4 is 20.1 Å². The number of nitrogens with one attached hydrogen (secondary N) is 1. The first-order valence-electron chi connectivity index (χ1n) is 3.47. The van der Waals surface area contributed by atoms with E-state index in [9.17, 15) is 0 Å². The third-order valence-electron chi connectivity index (χ3n) is 1.61. The smallest absolute Gasteiger partial charge is 0.270 e. The molecule has 0 atom stereocenters. The molecule has 11 heavy (non-hydrogen) atoms. The minimum Gasteiger partial charge on any atom is -0.322 e. The Hall–Kier alpha value is -0.313. The minimum absolute atomic E-state index is 0.302. The molecule has 1 rings (SSSR count). The van der Waals surface area contributed by atoms with E-state index in [2.05, 4.69) is 24.0 Å². The highest BCUT2D eigenvalue weighted by Crippen LogP contribution is 2.05. The summed E-state index contributed by atoms with van der Waals surface area (Å²) in [5.74, 6) is 0. The summed E-state index contributed by atoms with van der Waals surface area (Å²) in [5, 5.41) is 0. The van der Waals surface area contributed by atoms with Crippen LogP contribution in [0.25, 0.3) is 0 Å². The molecule has 0 heterocycles. The van der Waals surface area contributed by atoms with Gasteiger partial charge in [-0.25, -0.2) is 0 Å². The molecule has 0 unspecified atom stereocenters. The van der Waals surface area contributed by atoms with E-state index in [1.54, 1.807) is 0 Å². The fraction of sp³-hybridized carbons (Fsp3) is 0.250. The lowest BCUT2D eigenvalue weighted by atomic mass is 10.1. The van der Waals surface area contributed by atoms with E-state index in [4.69, 9.17) is 11.1 Å². The Morgan fingerprint density at radius 1 is 1.45 bits per heavy atom. The predicted molar refractivity (Wildman–Crippen MR) is 49.6 cm³/mol. The number of rotatable bonds is 3. The van der Waals surface area contributed by atoms with Crippen molar-refractivity contribution in [2.45, 2.75) is 13.5 Å². The standard InChI is InChI=1S/C8H10ClNSi/c1-7-4-2-3-5-8(7)6-10-11-9/h2-5,10H,6H2,1H3. The lowest BCUT2D eigenvalue weighted by Crippen LogP contribution is -2.14. The SMILES string of the molecule is Cc1ccccc1CN[Si]Cl. The van der Waals surface area contributed by atoms with E-state index in [0.717, 1.165) is 6.54 Å². The van der Waals surface area contributed by atoms with E-state index in [-0.39, 0.29) is 0 Å². The highest BCUT2D eigenvalue weighted by atomic mass is 35.6. The number of benzene rings is 1. The Morgan fingerprint density at radius 3 is 2.82 bits per heavy atom. The summed E-state index contributed by atoms with van der Waals surface area (Å²) in [6.07, 6.45) is 0. The van der Waals surface area contributed by atoms with Gasteiger partial charge in [-0.3, -0.25) is 0 Å². The summed E-state index contributed by atoms with van der Waals surface area (Å²) in [6.45, 7) is 2.98. The van der Waals surface area contributed by atoms with Crippen LogP contribution in [-0.4, -0.2) is 8.99 Å². The van der Waals surface area contributed by atoms with Crippen LogP contribution in [0.5, 0.6) is 0 Å². The minimum atomic E-state index is 0.302. The maximum atomic E-state index is 5.52. The topological polar surface area (TPSA) is 12.0 Å². The van der Waals surface area contributed by atoms with Gasteiger partial charge in [-0.1, -0.05) is 24.3 Å². The first-order valence-corrected chi connectivity index (χ1v) is 5.49. The number of hydrogen-bond donors (Lipinski definition) is 1. The van der Waals surface area contributed by atoms with Crippen molar-refractivity contribution in [1.82, 2.24) is 4.98 Å². The van der Waals surface area contributed by atoms with Crippen LogP contribution < -0.4 is 4.98 Å². The number of hydrogen-bond acceptors (Lipinski definition) is 1. The molecule has 0 aromatic heterocycles. The van der Waals surface area contributed by atoms with Crippen LogP contribution in [0, 0.1) is 6.92 Å². The second-order valence-corrected chi connectivity index (χ2v) is 3.48. The van der Waals surface area contributed by atoms with Gasteiger partial charge in [0.05, 0.1) is 0 Å². The summed E-state index contributed by atoms with van der Waals surface area (Å²) in [4.78, 5) is 3.10. The molecule has 1 N–H and O–H groups in total. The first-order chi connectivity index (χ1) is 5.34. The zero-order chi connectivity index (χ0) is 8.10. The van der Waals surface area contributed by atoms with Gasteiger partial charge < -0.3 is 4.98 Å². The summed E-state index contributed by atoms with van der Waals surface area (Å²) >= 11 is 5.52. The highest BCUT2D eigenvalue weighted by Gasteiger charge is 1.94. The first kappa shape index (κ1) is 8.78. The van der Waals surface area contributed by atoms with Gasteiger partial charge in [0.15, 0.2) is 0 Å². The van der Waals surface area contributed by atoms with Crippen LogP contribution >= 0.6 is 11.1 Å². The van der Waals surface area contributed by atoms with Crippen LogP contribution in [-0.2, 0) is 6.54 Å². The van der Waals surface area contributed by atoms with Crippen molar-refractivity contribution in [3.8, 4) is 0 Å². The van der Waals surface area contributed by atoms with Crippen LogP contribution in [0.3, 0.4) is 0 Å². The summed E-state index contributed by atoms with van der Waals surface area (Å²) in [5.41, 5.74) is 2.63. The van der Waals surface area contributed by atoms with Gasteiger partial charge in [0.2, 0.25) is 0 Å². The van der Waals surface area contributed by atoms with E-state index in [1.807, 2.05) is 12.1 Å². The number of halogens is 1. The Kier molecular flexibility index (Phi) is 3.63.